The van der Waals surface area contributed by atoms with Crippen LogP contribution in [-0.4, -0.2) is 29.5 Å². The maximum atomic E-state index is 12.1. The first kappa shape index (κ1) is 14.6. The van der Waals surface area contributed by atoms with Gasteiger partial charge in [-0.15, -0.1) is 6.42 Å². The quantitative estimate of drug-likeness (QED) is 0.793. The highest BCUT2D eigenvalue weighted by molar-refractivity contribution is 6.33. The first-order chi connectivity index (χ1) is 8.63. The van der Waals surface area contributed by atoms with Gasteiger partial charge in [-0.2, -0.15) is 5.10 Å². The van der Waals surface area contributed by atoms with E-state index in [1.807, 2.05) is 6.92 Å². The Labute approximate surface area is 111 Å². The van der Waals surface area contributed by atoms with Crippen molar-refractivity contribution in [3.63, 3.8) is 0 Å². The third kappa shape index (κ3) is 3.49. The Morgan fingerprint density at radius 1 is 1.72 bits per heavy atom. The molecule has 18 heavy (non-hydrogen) atoms. The van der Waals surface area contributed by atoms with Gasteiger partial charge in [-0.3, -0.25) is 4.79 Å². The normalized spacial score (nSPS) is 11.9. The predicted molar refractivity (Wildman–Crippen MR) is 71.9 cm³/mol. The highest BCUT2D eigenvalue weighted by Crippen LogP contribution is 2.16. The highest BCUT2D eigenvalue weighted by atomic mass is 35.5. The number of rotatable bonds is 6. The number of nitrogens with zero attached hydrogens (tertiary/aromatic N) is 2. The van der Waals surface area contributed by atoms with Gasteiger partial charge in [0.05, 0.1) is 17.8 Å². The minimum atomic E-state index is -0.324. The van der Waals surface area contributed by atoms with E-state index in [2.05, 4.69) is 16.3 Å². The molecule has 0 aliphatic carbocycles. The van der Waals surface area contributed by atoms with E-state index < -0.39 is 0 Å². The van der Waals surface area contributed by atoms with Crippen LogP contribution in [0, 0.1) is 12.3 Å². The van der Waals surface area contributed by atoms with Gasteiger partial charge in [-0.05, 0) is 6.42 Å². The van der Waals surface area contributed by atoms with Gasteiger partial charge in [0.25, 0.3) is 5.56 Å². The molecule has 0 aliphatic heterocycles. The molecule has 5 nitrogen and oxygen atoms in total. The molecule has 1 aromatic rings. The molecular formula is C12H16ClN3O2. The Morgan fingerprint density at radius 3 is 3.00 bits per heavy atom. The van der Waals surface area contributed by atoms with E-state index in [0.29, 0.717) is 12.3 Å². The van der Waals surface area contributed by atoms with Crippen molar-refractivity contribution in [1.29, 1.82) is 0 Å². The molecule has 1 atom stereocenters. The van der Waals surface area contributed by atoms with Crippen LogP contribution in [0.2, 0.25) is 5.02 Å². The maximum Gasteiger partial charge on any atom is 0.292 e. The summed E-state index contributed by atoms with van der Waals surface area (Å²) in [5, 5.41) is 7.21. The Hall–Kier alpha value is -1.51. The molecule has 0 aliphatic rings. The van der Waals surface area contributed by atoms with Gasteiger partial charge < -0.3 is 10.1 Å². The number of hydrogen-bond acceptors (Lipinski definition) is 4. The summed E-state index contributed by atoms with van der Waals surface area (Å²) >= 11 is 5.97. The first-order valence-electron chi connectivity index (χ1n) is 5.58. The number of anilines is 1. The van der Waals surface area contributed by atoms with Crippen LogP contribution in [0.1, 0.15) is 13.3 Å². The SMILES string of the molecule is C#CCn1ncc(Cl)c(NC(CC)COC)c1=O. The van der Waals surface area contributed by atoms with Crippen molar-refractivity contribution in [2.24, 2.45) is 0 Å². The summed E-state index contributed by atoms with van der Waals surface area (Å²) in [6.45, 7) is 2.60. The van der Waals surface area contributed by atoms with Gasteiger partial charge in [0.1, 0.15) is 12.2 Å². The fraction of sp³-hybridized carbons (Fsp3) is 0.500. The second-order valence-electron chi connectivity index (χ2n) is 3.74. The molecule has 0 aromatic carbocycles. The van der Waals surface area contributed by atoms with Gasteiger partial charge in [-0.25, -0.2) is 4.68 Å². The number of ether oxygens (including phenoxy) is 1. The van der Waals surface area contributed by atoms with Crippen molar-refractivity contribution >= 4 is 17.3 Å². The number of halogens is 1. The summed E-state index contributed by atoms with van der Waals surface area (Å²) in [7, 11) is 1.61. The maximum absolute atomic E-state index is 12.1. The van der Waals surface area contributed by atoms with Crippen molar-refractivity contribution in [1.82, 2.24) is 9.78 Å². The van der Waals surface area contributed by atoms with Crippen molar-refractivity contribution in [3.05, 3.63) is 21.6 Å². The Kier molecular flexibility index (Phi) is 5.69. The van der Waals surface area contributed by atoms with Crippen LogP contribution >= 0.6 is 11.6 Å². The lowest BCUT2D eigenvalue weighted by atomic mass is 10.2. The van der Waals surface area contributed by atoms with Crippen LogP contribution in [0.5, 0.6) is 0 Å². The summed E-state index contributed by atoms with van der Waals surface area (Å²) in [5.74, 6) is 2.37. The number of hydrogen-bond donors (Lipinski definition) is 1. The molecule has 0 saturated carbocycles. The van der Waals surface area contributed by atoms with Gasteiger partial charge >= 0.3 is 0 Å². The lowest BCUT2D eigenvalue weighted by Gasteiger charge is -2.17. The largest absolute Gasteiger partial charge is 0.383 e. The molecule has 0 amide bonds. The smallest absolute Gasteiger partial charge is 0.292 e. The van der Waals surface area contributed by atoms with Crippen molar-refractivity contribution in [3.8, 4) is 12.3 Å². The number of nitrogens with one attached hydrogen (secondary N) is 1. The summed E-state index contributed by atoms with van der Waals surface area (Å²) in [6.07, 6.45) is 7.38. The fourth-order valence-corrected chi connectivity index (χ4v) is 1.64. The molecule has 1 N–H and O–H groups in total. The monoisotopic (exact) mass is 269 g/mol. The molecule has 6 heteroatoms. The molecule has 0 spiro atoms. The molecule has 1 rings (SSSR count). The molecular weight excluding hydrogens is 254 g/mol. The molecule has 98 valence electrons. The van der Waals surface area contributed by atoms with Gasteiger partial charge in [0.15, 0.2) is 0 Å². The topological polar surface area (TPSA) is 56.1 Å². The van der Waals surface area contributed by atoms with Crippen LogP contribution in [-0.2, 0) is 11.3 Å². The van der Waals surface area contributed by atoms with E-state index in [0.717, 1.165) is 6.42 Å². The highest BCUT2D eigenvalue weighted by Gasteiger charge is 2.13. The van der Waals surface area contributed by atoms with E-state index in [9.17, 15) is 4.79 Å². The Bertz CT molecular complexity index is 493. The van der Waals surface area contributed by atoms with Crippen molar-refractivity contribution in [2.75, 3.05) is 19.0 Å². The summed E-state index contributed by atoms with van der Waals surface area (Å²) in [6, 6.07) is 0.0156. The minimum Gasteiger partial charge on any atom is -0.383 e. The van der Waals surface area contributed by atoms with Crippen LogP contribution < -0.4 is 10.9 Å². The summed E-state index contributed by atoms with van der Waals surface area (Å²) in [5.41, 5.74) is -0.0131. The fourth-order valence-electron chi connectivity index (χ4n) is 1.47. The van der Waals surface area contributed by atoms with Crippen molar-refractivity contribution in [2.45, 2.75) is 25.9 Å². The first-order valence-corrected chi connectivity index (χ1v) is 5.96. The zero-order valence-electron chi connectivity index (χ0n) is 10.4. The molecule has 0 bridgehead atoms. The van der Waals surface area contributed by atoms with E-state index in [1.165, 1.54) is 10.9 Å². The van der Waals surface area contributed by atoms with Gasteiger partial charge in [0, 0.05) is 13.2 Å². The van der Waals surface area contributed by atoms with Gasteiger partial charge in [0.2, 0.25) is 0 Å². The zero-order valence-corrected chi connectivity index (χ0v) is 11.2. The standard InChI is InChI=1S/C12H16ClN3O2/c1-4-6-16-12(17)11(10(13)7-14-16)15-9(5-2)8-18-3/h1,7,9,15H,5-6,8H2,2-3H3. The average Bonchev–Trinajstić information content (AvgIpc) is 2.36. The second-order valence-corrected chi connectivity index (χ2v) is 4.15. The summed E-state index contributed by atoms with van der Waals surface area (Å²) < 4.78 is 6.25. The Morgan fingerprint density at radius 2 is 2.44 bits per heavy atom. The van der Waals surface area contributed by atoms with Crippen LogP contribution in [0.25, 0.3) is 0 Å². The molecule has 1 unspecified atom stereocenters. The molecule has 0 radical (unpaired) electrons. The van der Waals surface area contributed by atoms with Crippen LogP contribution in [0.3, 0.4) is 0 Å². The van der Waals surface area contributed by atoms with E-state index in [1.54, 1.807) is 7.11 Å². The lowest BCUT2D eigenvalue weighted by Crippen LogP contribution is -2.31. The second kappa shape index (κ2) is 7.04. The van der Waals surface area contributed by atoms with Gasteiger partial charge in [-0.1, -0.05) is 24.4 Å². The lowest BCUT2D eigenvalue weighted by molar-refractivity contribution is 0.184. The average molecular weight is 270 g/mol. The third-order valence-electron chi connectivity index (χ3n) is 2.45. The summed E-state index contributed by atoms with van der Waals surface area (Å²) in [4.78, 5) is 12.1. The predicted octanol–water partition coefficient (Wildman–Crippen LogP) is 1.37. The number of aromatic nitrogens is 2. The van der Waals surface area contributed by atoms with E-state index >= 15 is 0 Å². The van der Waals surface area contributed by atoms with Crippen LogP contribution in [0.15, 0.2) is 11.0 Å². The van der Waals surface area contributed by atoms with Crippen LogP contribution in [0.4, 0.5) is 5.69 Å². The molecule has 1 heterocycles. The third-order valence-corrected chi connectivity index (χ3v) is 2.73. The minimum absolute atomic E-state index is 0.0156. The molecule has 0 saturated heterocycles. The zero-order chi connectivity index (χ0) is 13.5. The molecule has 1 aromatic heterocycles. The number of terminal acetylenes is 1. The Balaban J connectivity index is 3.04. The number of methoxy groups -OCH3 is 1. The molecule has 0 fully saturated rings. The van der Waals surface area contributed by atoms with E-state index in [-0.39, 0.29) is 23.2 Å². The van der Waals surface area contributed by atoms with E-state index in [4.69, 9.17) is 22.8 Å². The van der Waals surface area contributed by atoms with Crippen molar-refractivity contribution < 1.29 is 4.74 Å².